The van der Waals surface area contributed by atoms with Gasteiger partial charge in [0.25, 0.3) is 0 Å². The van der Waals surface area contributed by atoms with Gasteiger partial charge in [-0.15, -0.1) is 22.3 Å². The molecule has 3 nitrogen and oxygen atoms in total. The van der Waals surface area contributed by atoms with Crippen molar-refractivity contribution >= 4 is 0 Å². The third kappa shape index (κ3) is 7.09. The summed E-state index contributed by atoms with van der Waals surface area (Å²) in [4.78, 5) is 0. The number of ether oxygens (including phenoxy) is 3. The molecular formula is C21H26O3Y-2. The molecule has 25 heavy (non-hydrogen) atoms. The molecule has 1 unspecified atom stereocenters. The van der Waals surface area contributed by atoms with E-state index in [-0.39, 0.29) is 32.7 Å². The normalized spacial score (nSPS) is 14.7. The summed E-state index contributed by atoms with van der Waals surface area (Å²) in [5.41, 5.74) is 4.60. The van der Waals surface area contributed by atoms with Gasteiger partial charge in [-0.05, 0) is 6.92 Å². The van der Waals surface area contributed by atoms with Gasteiger partial charge in [0, 0.05) is 44.2 Å². The van der Waals surface area contributed by atoms with E-state index in [1.54, 1.807) is 0 Å². The van der Waals surface area contributed by atoms with Crippen molar-refractivity contribution < 1.29 is 46.9 Å². The zero-order valence-corrected chi connectivity index (χ0v) is 18.6. The largest absolute Gasteiger partial charge is 0.519 e. The first kappa shape index (κ1) is 22.1. The average Bonchev–Trinajstić information content (AvgIpc) is 3.36. The van der Waals surface area contributed by atoms with Crippen LogP contribution in [-0.2, 0) is 37.4 Å². The second-order valence-corrected chi connectivity index (χ2v) is 6.00. The fraction of sp³-hybridized carbons (Fsp3) is 0.429. The van der Waals surface area contributed by atoms with Gasteiger partial charge in [-0.25, -0.2) is 0 Å². The summed E-state index contributed by atoms with van der Waals surface area (Å²) in [6, 6.07) is 13.9. The molecule has 2 aromatic rings. The zero-order valence-electron chi connectivity index (χ0n) is 15.8. The van der Waals surface area contributed by atoms with Crippen LogP contribution < -0.4 is 9.47 Å². The number of hydrogen-bond acceptors (Lipinski definition) is 3. The summed E-state index contributed by atoms with van der Waals surface area (Å²) >= 11 is 0. The van der Waals surface area contributed by atoms with Crippen molar-refractivity contribution in [3.05, 3.63) is 58.7 Å². The standard InChI is InChI=1S/C11H13O2.C10H13O.Y/c1-8-4-3-5-9(2)11(8)13-7-10-6-12-10;1-4-11-10-8(2)6-5-7-9(10)3;/h4-5,10H,6-7H2,1-2H3;6-7H,4H2,1-3H3;/q2*-1;. The Labute approximate surface area is 176 Å². The van der Waals surface area contributed by atoms with E-state index in [9.17, 15) is 0 Å². The Morgan fingerprint density at radius 3 is 1.64 bits per heavy atom. The Morgan fingerprint density at radius 1 is 0.880 bits per heavy atom. The summed E-state index contributed by atoms with van der Waals surface area (Å²) < 4.78 is 16.2. The number of benzene rings is 2. The van der Waals surface area contributed by atoms with Crippen LogP contribution in [0.5, 0.6) is 11.5 Å². The fourth-order valence-electron chi connectivity index (χ4n) is 2.41. The molecule has 0 bridgehead atoms. The summed E-state index contributed by atoms with van der Waals surface area (Å²) in [5, 5.41) is 0. The maximum atomic E-state index is 5.65. The molecule has 1 fully saturated rings. The van der Waals surface area contributed by atoms with Gasteiger partial charge in [0.05, 0.1) is 13.2 Å². The van der Waals surface area contributed by atoms with Crippen LogP contribution in [0.4, 0.5) is 0 Å². The molecule has 0 spiro atoms. The Balaban J connectivity index is 0.000000244. The minimum atomic E-state index is 0. The van der Waals surface area contributed by atoms with Crippen molar-refractivity contribution in [2.45, 2.75) is 40.7 Å². The Bertz CT molecular complexity index is 626. The van der Waals surface area contributed by atoms with Gasteiger partial charge in [0.1, 0.15) is 12.7 Å². The van der Waals surface area contributed by atoms with E-state index >= 15 is 0 Å². The second-order valence-electron chi connectivity index (χ2n) is 6.00. The predicted octanol–water partition coefficient (Wildman–Crippen LogP) is 4.38. The second kappa shape index (κ2) is 11.0. The number of epoxide rings is 1. The number of hydrogen-bond donors (Lipinski definition) is 0. The summed E-state index contributed by atoms with van der Waals surface area (Å²) in [7, 11) is 0. The van der Waals surface area contributed by atoms with E-state index in [4.69, 9.17) is 14.2 Å². The molecule has 1 heterocycles. The van der Waals surface area contributed by atoms with E-state index < -0.39 is 0 Å². The maximum Gasteiger partial charge on any atom is 0.115 e. The molecule has 133 valence electrons. The minimum absolute atomic E-state index is 0. The molecule has 0 aliphatic carbocycles. The molecule has 0 N–H and O–H groups in total. The van der Waals surface area contributed by atoms with Gasteiger partial charge in [-0.1, -0.05) is 27.7 Å². The van der Waals surface area contributed by atoms with Crippen LogP contribution in [-0.4, -0.2) is 25.9 Å². The van der Waals surface area contributed by atoms with Crippen molar-refractivity contribution in [2.24, 2.45) is 0 Å². The first-order valence-electron chi connectivity index (χ1n) is 8.34. The molecule has 1 saturated heterocycles. The fourth-order valence-corrected chi connectivity index (χ4v) is 2.41. The number of aryl methyl sites for hydroxylation is 4. The zero-order chi connectivity index (χ0) is 17.5. The van der Waals surface area contributed by atoms with E-state index in [0.717, 1.165) is 47.0 Å². The molecule has 2 aromatic carbocycles. The van der Waals surface area contributed by atoms with Crippen LogP contribution in [0.15, 0.2) is 24.3 Å². The first-order chi connectivity index (χ1) is 11.5. The third-order valence-electron chi connectivity index (χ3n) is 3.74. The van der Waals surface area contributed by atoms with Crippen molar-refractivity contribution in [3.63, 3.8) is 0 Å². The maximum absolute atomic E-state index is 5.65. The van der Waals surface area contributed by atoms with Gasteiger partial charge in [0.15, 0.2) is 0 Å². The van der Waals surface area contributed by atoms with Gasteiger partial charge in [-0.3, -0.25) is 0 Å². The molecule has 3 rings (SSSR count). The van der Waals surface area contributed by atoms with Gasteiger partial charge in [0.2, 0.25) is 0 Å². The molecule has 1 aliphatic heterocycles. The van der Waals surface area contributed by atoms with Crippen molar-refractivity contribution in [1.82, 2.24) is 0 Å². The molecule has 1 radical (unpaired) electrons. The van der Waals surface area contributed by atoms with Crippen LogP contribution in [0.2, 0.25) is 0 Å². The van der Waals surface area contributed by atoms with Crippen molar-refractivity contribution in [2.75, 3.05) is 19.8 Å². The van der Waals surface area contributed by atoms with E-state index in [2.05, 4.69) is 12.1 Å². The third-order valence-corrected chi connectivity index (χ3v) is 3.74. The Morgan fingerprint density at radius 2 is 1.28 bits per heavy atom. The molecule has 1 atom stereocenters. The smallest absolute Gasteiger partial charge is 0.115 e. The number of rotatable bonds is 5. The van der Waals surface area contributed by atoms with Crippen molar-refractivity contribution in [1.29, 1.82) is 0 Å². The van der Waals surface area contributed by atoms with Crippen LogP contribution in [0.1, 0.15) is 29.2 Å². The van der Waals surface area contributed by atoms with Crippen LogP contribution in [0, 0.1) is 39.8 Å². The molecule has 0 amide bonds. The molecule has 0 aromatic heterocycles. The summed E-state index contributed by atoms with van der Waals surface area (Å²) in [5.74, 6) is 1.99. The molecular weight excluding hydrogens is 389 g/mol. The summed E-state index contributed by atoms with van der Waals surface area (Å²) in [6.45, 7) is 12.4. The van der Waals surface area contributed by atoms with Crippen molar-refractivity contribution in [3.8, 4) is 11.5 Å². The topological polar surface area (TPSA) is 31.0 Å². The SMILES string of the molecule is CCOc1c(C)c[c-]cc1C.Cc1c[c-]cc(C)c1OCC1CO1.[Y]. The van der Waals surface area contributed by atoms with Gasteiger partial charge < -0.3 is 14.2 Å². The Hall–Kier alpha value is -0.896. The molecule has 1 aliphatic rings. The van der Waals surface area contributed by atoms with Crippen LogP contribution in [0.3, 0.4) is 0 Å². The van der Waals surface area contributed by atoms with Gasteiger partial charge >= 0.3 is 0 Å². The van der Waals surface area contributed by atoms with Crippen LogP contribution >= 0.6 is 0 Å². The van der Waals surface area contributed by atoms with Crippen LogP contribution in [0.25, 0.3) is 0 Å². The monoisotopic (exact) mass is 415 g/mol. The minimum Gasteiger partial charge on any atom is -0.519 e. The van der Waals surface area contributed by atoms with E-state index in [1.165, 1.54) is 0 Å². The molecule has 0 saturated carbocycles. The van der Waals surface area contributed by atoms with Gasteiger partial charge in [-0.2, -0.15) is 36.4 Å². The Kier molecular flexibility index (Phi) is 9.70. The molecule has 4 heteroatoms. The predicted molar refractivity (Wildman–Crippen MR) is 95.9 cm³/mol. The first-order valence-corrected chi connectivity index (χ1v) is 8.34. The average molecular weight is 415 g/mol. The van der Waals surface area contributed by atoms with E-state index in [1.807, 2.05) is 58.9 Å². The summed E-state index contributed by atoms with van der Waals surface area (Å²) in [6.07, 6.45) is 0.322. The quantitative estimate of drug-likeness (QED) is 0.537. The van der Waals surface area contributed by atoms with E-state index in [0.29, 0.717) is 12.7 Å².